The number of aromatic nitrogens is 1. The number of amides is 1. The fourth-order valence-electron chi connectivity index (χ4n) is 0.979. The van der Waals surface area contributed by atoms with Gasteiger partial charge in [-0.3, -0.25) is 4.79 Å². The Labute approximate surface area is 83.6 Å². The number of pyridine rings is 1. The first-order valence-corrected chi connectivity index (χ1v) is 4.31. The molecule has 14 heavy (non-hydrogen) atoms. The van der Waals surface area contributed by atoms with Crippen LogP contribution in [0, 0.1) is 26.2 Å². The minimum Gasteiger partial charge on any atom is -0.340 e. The number of aryl methyl sites for hydroxylation is 2. The summed E-state index contributed by atoms with van der Waals surface area (Å²) >= 11 is 0. The lowest BCUT2D eigenvalue weighted by Crippen LogP contribution is -2.24. The van der Waals surface area contributed by atoms with Crippen LogP contribution in [0.4, 0.5) is 0 Å². The molecule has 1 amide bonds. The average Bonchev–Trinajstić information content (AvgIpc) is 2.18. The Balaban J connectivity index is 2.82. The van der Waals surface area contributed by atoms with Crippen molar-refractivity contribution in [1.82, 2.24) is 10.3 Å². The normalized spacial score (nSPS) is 9.21. The number of carbonyl (C=O) groups excluding carboxylic acids is 1. The minimum absolute atomic E-state index is 0.230. The molecule has 0 radical (unpaired) electrons. The Morgan fingerprint density at radius 3 is 2.86 bits per heavy atom. The van der Waals surface area contributed by atoms with E-state index in [2.05, 4.69) is 16.2 Å². The molecule has 1 N–H and O–H groups in total. The highest BCUT2D eigenvalue weighted by atomic mass is 16.1. The molecule has 0 atom stereocenters. The van der Waals surface area contributed by atoms with Crippen LogP contribution in [0.15, 0.2) is 12.1 Å². The van der Waals surface area contributed by atoms with E-state index in [9.17, 15) is 4.79 Å². The first kappa shape index (κ1) is 10.3. The maximum atomic E-state index is 11.4. The van der Waals surface area contributed by atoms with Gasteiger partial charge >= 0.3 is 0 Å². The second kappa shape index (κ2) is 4.43. The van der Waals surface area contributed by atoms with E-state index < -0.39 is 0 Å². The molecular formula is C11H12N2O. The molecule has 0 aliphatic rings. The molecule has 0 fully saturated rings. The molecule has 1 heterocycles. The van der Waals surface area contributed by atoms with E-state index in [0.29, 0.717) is 5.69 Å². The van der Waals surface area contributed by atoms with Gasteiger partial charge in [0.1, 0.15) is 5.69 Å². The van der Waals surface area contributed by atoms with Crippen molar-refractivity contribution < 1.29 is 4.79 Å². The zero-order valence-corrected chi connectivity index (χ0v) is 8.29. The molecule has 0 bridgehead atoms. The predicted octanol–water partition coefficient (Wildman–Crippen LogP) is 1.06. The molecule has 0 unspecified atom stereocenters. The number of nitrogens with zero attached hydrogens (tertiary/aromatic N) is 1. The fourth-order valence-corrected chi connectivity index (χ4v) is 0.979. The number of carbonyl (C=O) groups is 1. The number of hydrogen-bond acceptors (Lipinski definition) is 2. The Kier molecular flexibility index (Phi) is 3.24. The maximum Gasteiger partial charge on any atom is 0.270 e. The van der Waals surface area contributed by atoms with E-state index in [1.165, 1.54) is 0 Å². The van der Waals surface area contributed by atoms with E-state index in [-0.39, 0.29) is 12.5 Å². The van der Waals surface area contributed by atoms with E-state index in [4.69, 9.17) is 6.42 Å². The molecular weight excluding hydrogens is 176 g/mol. The summed E-state index contributed by atoms with van der Waals surface area (Å²) in [6, 6.07) is 3.56. The molecule has 1 aromatic rings. The highest BCUT2D eigenvalue weighted by molar-refractivity contribution is 5.92. The van der Waals surface area contributed by atoms with Crippen molar-refractivity contribution >= 4 is 5.91 Å². The molecule has 0 aliphatic carbocycles. The second-order valence-electron chi connectivity index (χ2n) is 2.99. The van der Waals surface area contributed by atoms with Crippen LogP contribution in [0.2, 0.25) is 0 Å². The van der Waals surface area contributed by atoms with Crippen LogP contribution < -0.4 is 5.32 Å². The highest BCUT2D eigenvalue weighted by Crippen LogP contribution is 2.04. The van der Waals surface area contributed by atoms with E-state index in [1.807, 2.05) is 19.9 Å². The summed E-state index contributed by atoms with van der Waals surface area (Å²) in [5, 5.41) is 2.56. The Bertz CT molecular complexity index is 391. The van der Waals surface area contributed by atoms with Crippen molar-refractivity contribution in [1.29, 1.82) is 0 Å². The maximum absolute atomic E-state index is 11.4. The van der Waals surface area contributed by atoms with Gasteiger partial charge in [0.05, 0.1) is 6.54 Å². The Morgan fingerprint density at radius 1 is 1.57 bits per heavy atom. The van der Waals surface area contributed by atoms with E-state index in [1.54, 1.807) is 6.07 Å². The summed E-state index contributed by atoms with van der Waals surface area (Å²) in [5.74, 6) is 2.10. The molecule has 1 rings (SSSR count). The topological polar surface area (TPSA) is 42.0 Å². The lowest BCUT2D eigenvalue weighted by atomic mass is 10.2. The van der Waals surface area contributed by atoms with Gasteiger partial charge in [0.2, 0.25) is 0 Å². The SMILES string of the molecule is C#CCNC(=O)c1ccc(C)c(C)n1. The standard InChI is InChI=1S/C11H12N2O/c1-4-7-12-11(14)10-6-5-8(2)9(3)13-10/h1,5-6H,7H2,2-3H3,(H,12,14). The molecule has 3 heteroatoms. The summed E-state index contributed by atoms with van der Waals surface area (Å²) in [5.41, 5.74) is 2.33. The minimum atomic E-state index is -0.231. The zero-order chi connectivity index (χ0) is 10.6. The Morgan fingerprint density at radius 2 is 2.29 bits per heavy atom. The van der Waals surface area contributed by atoms with Gasteiger partial charge in [-0.25, -0.2) is 4.98 Å². The lowest BCUT2D eigenvalue weighted by molar-refractivity contribution is 0.0953. The van der Waals surface area contributed by atoms with Gasteiger partial charge in [-0.1, -0.05) is 12.0 Å². The van der Waals surface area contributed by atoms with E-state index >= 15 is 0 Å². The fraction of sp³-hybridized carbons (Fsp3) is 0.273. The zero-order valence-electron chi connectivity index (χ0n) is 8.29. The first-order chi connectivity index (χ1) is 6.65. The number of terminal acetylenes is 1. The van der Waals surface area contributed by atoms with Crippen LogP contribution in [0.3, 0.4) is 0 Å². The van der Waals surface area contributed by atoms with Gasteiger partial charge in [0.25, 0.3) is 5.91 Å². The first-order valence-electron chi connectivity index (χ1n) is 4.31. The monoisotopic (exact) mass is 188 g/mol. The molecule has 1 aromatic heterocycles. The third-order valence-electron chi connectivity index (χ3n) is 1.93. The molecule has 0 saturated heterocycles. The average molecular weight is 188 g/mol. The van der Waals surface area contributed by atoms with Crippen molar-refractivity contribution in [3.63, 3.8) is 0 Å². The van der Waals surface area contributed by atoms with Crippen LogP contribution in [0.1, 0.15) is 21.7 Å². The number of hydrogen-bond donors (Lipinski definition) is 1. The summed E-state index contributed by atoms with van der Waals surface area (Å²) in [6.07, 6.45) is 5.02. The number of nitrogens with one attached hydrogen (secondary N) is 1. The van der Waals surface area contributed by atoms with Crippen molar-refractivity contribution in [3.05, 3.63) is 29.1 Å². The van der Waals surface area contributed by atoms with Crippen LogP contribution in [0.25, 0.3) is 0 Å². The van der Waals surface area contributed by atoms with Crippen molar-refractivity contribution in [2.75, 3.05) is 6.54 Å². The van der Waals surface area contributed by atoms with Gasteiger partial charge in [-0.05, 0) is 25.5 Å². The largest absolute Gasteiger partial charge is 0.340 e. The van der Waals surface area contributed by atoms with Crippen LogP contribution >= 0.6 is 0 Å². The lowest BCUT2D eigenvalue weighted by Gasteiger charge is -2.03. The summed E-state index contributed by atoms with van der Waals surface area (Å²) in [6.45, 7) is 4.05. The van der Waals surface area contributed by atoms with Gasteiger partial charge in [0, 0.05) is 5.69 Å². The number of rotatable bonds is 2. The van der Waals surface area contributed by atoms with Crippen LogP contribution in [-0.4, -0.2) is 17.4 Å². The van der Waals surface area contributed by atoms with Gasteiger partial charge < -0.3 is 5.32 Å². The quantitative estimate of drug-likeness (QED) is 0.705. The molecule has 0 spiro atoms. The van der Waals surface area contributed by atoms with Gasteiger partial charge in [-0.2, -0.15) is 0 Å². The molecule has 0 aliphatic heterocycles. The third-order valence-corrected chi connectivity index (χ3v) is 1.93. The van der Waals surface area contributed by atoms with Gasteiger partial charge in [-0.15, -0.1) is 6.42 Å². The summed E-state index contributed by atoms with van der Waals surface area (Å²) in [4.78, 5) is 15.5. The molecule has 0 saturated carbocycles. The smallest absolute Gasteiger partial charge is 0.270 e. The van der Waals surface area contributed by atoms with Crippen molar-refractivity contribution in [2.45, 2.75) is 13.8 Å². The third kappa shape index (κ3) is 2.33. The molecule has 0 aromatic carbocycles. The molecule has 3 nitrogen and oxygen atoms in total. The second-order valence-corrected chi connectivity index (χ2v) is 2.99. The predicted molar refractivity (Wildman–Crippen MR) is 54.9 cm³/mol. The summed E-state index contributed by atoms with van der Waals surface area (Å²) in [7, 11) is 0. The van der Waals surface area contributed by atoms with Crippen LogP contribution in [-0.2, 0) is 0 Å². The Hall–Kier alpha value is -1.82. The molecule has 72 valence electrons. The highest BCUT2D eigenvalue weighted by Gasteiger charge is 2.06. The van der Waals surface area contributed by atoms with Crippen molar-refractivity contribution in [3.8, 4) is 12.3 Å². The van der Waals surface area contributed by atoms with Crippen LogP contribution in [0.5, 0.6) is 0 Å². The van der Waals surface area contributed by atoms with Crippen molar-refractivity contribution in [2.24, 2.45) is 0 Å². The summed E-state index contributed by atoms with van der Waals surface area (Å²) < 4.78 is 0. The van der Waals surface area contributed by atoms with E-state index in [0.717, 1.165) is 11.3 Å². The van der Waals surface area contributed by atoms with Gasteiger partial charge in [0.15, 0.2) is 0 Å².